The molecule has 32 heavy (non-hydrogen) atoms. The van der Waals surface area contributed by atoms with Gasteiger partial charge in [-0.25, -0.2) is 9.78 Å². The Morgan fingerprint density at radius 3 is 2.16 bits per heavy atom. The average molecular weight is 461 g/mol. The maximum Gasteiger partial charge on any atom is 0.337 e. The van der Waals surface area contributed by atoms with Gasteiger partial charge >= 0.3 is 5.97 Å². The number of hydrogen-bond acceptors (Lipinski definition) is 7. The van der Waals surface area contributed by atoms with Crippen LogP contribution in [0.5, 0.6) is 0 Å². The average Bonchev–Trinajstić information content (AvgIpc) is 3.21. The van der Waals surface area contributed by atoms with Gasteiger partial charge in [0.2, 0.25) is 0 Å². The van der Waals surface area contributed by atoms with Crippen molar-refractivity contribution in [3.8, 4) is 0 Å². The quantitative estimate of drug-likeness (QED) is 0.523. The van der Waals surface area contributed by atoms with Gasteiger partial charge in [-0.05, 0) is 65.3 Å². The highest BCUT2D eigenvalue weighted by atomic mass is 32.1. The third kappa shape index (κ3) is 7.13. The van der Waals surface area contributed by atoms with Crippen LogP contribution in [-0.4, -0.2) is 59.4 Å². The lowest BCUT2D eigenvalue weighted by Gasteiger charge is -2.31. The number of carbonyl (C=O) groups excluding carboxylic acids is 3. The molecule has 0 aliphatic heterocycles. The molecule has 2 aromatic rings. The summed E-state index contributed by atoms with van der Waals surface area (Å²) < 4.78 is 4.64. The highest BCUT2D eigenvalue weighted by Gasteiger charge is 2.18. The van der Waals surface area contributed by atoms with Crippen molar-refractivity contribution in [1.29, 1.82) is 0 Å². The fraction of sp³-hybridized carbons (Fsp3) is 0.478. The molecule has 0 saturated heterocycles. The van der Waals surface area contributed by atoms with Crippen molar-refractivity contribution < 1.29 is 19.1 Å². The van der Waals surface area contributed by atoms with Crippen LogP contribution in [0.25, 0.3) is 0 Å². The molecule has 1 atom stereocenters. The van der Waals surface area contributed by atoms with Gasteiger partial charge in [-0.1, -0.05) is 0 Å². The normalized spacial score (nSPS) is 12.2. The number of benzene rings is 1. The molecule has 0 radical (unpaired) electrons. The molecular formula is C23H32N4O4S. The van der Waals surface area contributed by atoms with Crippen molar-refractivity contribution in [2.75, 3.05) is 19.0 Å². The van der Waals surface area contributed by atoms with Crippen LogP contribution in [0.4, 0.5) is 5.13 Å². The van der Waals surface area contributed by atoms with Crippen LogP contribution in [0.1, 0.15) is 72.2 Å². The zero-order valence-electron chi connectivity index (χ0n) is 19.5. The Bertz CT molecular complexity index is 916. The van der Waals surface area contributed by atoms with Crippen molar-refractivity contribution in [2.45, 2.75) is 59.2 Å². The summed E-state index contributed by atoms with van der Waals surface area (Å²) in [4.78, 5) is 43.1. The van der Waals surface area contributed by atoms with E-state index in [1.165, 1.54) is 42.7 Å². The zero-order valence-corrected chi connectivity index (χ0v) is 20.3. The molecule has 0 spiro atoms. The zero-order chi connectivity index (χ0) is 23.8. The van der Waals surface area contributed by atoms with Crippen LogP contribution in [0.3, 0.4) is 0 Å². The fourth-order valence-corrected chi connectivity index (χ4v) is 3.99. The van der Waals surface area contributed by atoms with Crippen molar-refractivity contribution in [3.63, 3.8) is 0 Å². The van der Waals surface area contributed by atoms with Crippen LogP contribution in [0, 0.1) is 0 Å². The first-order valence-electron chi connectivity index (χ1n) is 10.6. The number of methoxy groups -OCH3 is 1. The van der Waals surface area contributed by atoms with Crippen molar-refractivity contribution in [2.24, 2.45) is 0 Å². The number of amides is 2. The standard InChI is InChI=1S/C23H32N4O4S/c1-14(2)27(15(3)4)12-11-16(5)24-21(29)19-13-32-23(25-19)26-20(28)17-7-9-18(10-8-17)22(30)31-6/h7-10,13-16H,11-12H2,1-6H3,(H,24,29)(H,25,26,28). The van der Waals surface area contributed by atoms with Crippen LogP contribution in [0.15, 0.2) is 29.6 Å². The fourth-order valence-electron chi connectivity index (χ4n) is 3.31. The number of anilines is 1. The van der Waals surface area contributed by atoms with E-state index in [0.717, 1.165) is 13.0 Å². The van der Waals surface area contributed by atoms with Gasteiger partial charge in [-0.2, -0.15) is 0 Å². The lowest BCUT2D eigenvalue weighted by Crippen LogP contribution is -2.41. The number of thiazole rings is 1. The number of esters is 1. The molecule has 1 heterocycles. The van der Waals surface area contributed by atoms with E-state index in [0.29, 0.717) is 28.3 Å². The predicted molar refractivity (Wildman–Crippen MR) is 126 cm³/mol. The number of nitrogens with zero attached hydrogens (tertiary/aromatic N) is 2. The second kappa shape index (κ2) is 11.7. The minimum absolute atomic E-state index is 0.00411. The third-order valence-corrected chi connectivity index (χ3v) is 5.81. The van der Waals surface area contributed by atoms with Gasteiger partial charge in [0.05, 0.1) is 12.7 Å². The van der Waals surface area contributed by atoms with E-state index in [4.69, 9.17) is 0 Å². The smallest absolute Gasteiger partial charge is 0.337 e. The highest BCUT2D eigenvalue weighted by molar-refractivity contribution is 7.14. The molecule has 1 aromatic carbocycles. The monoisotopic (exact) mass is 460 g/mol. The van der Waals surface area contributed by atoms with Gasteiger partial charge < -0.3 is 10.1 Å². The Balaban J connectivity index is 1.90. The molecule has 2 rings (SSSR count). The molecule has 1 unspecified atom stereocenters. The molecular weight excluding hydrogens is 428 g/mol. The Morgan fingerprint density at radius 2 is 1.59 bits per heavy atom. The van der Waals surface area contributed by atoms with E-state index in [9.17, 15) is 14.4 Å². The minimum atomic E-state index is -0.470. The summed E-state index contributed by atoms with van der Waals surface area (Å²) in [6.07, 6.45) is 0.831. The molecule has 9 heteroatoms. The number of hydrogen-bond donors (Lipinski definition) is 2. The van der Waals surface area contributed by atoms with Gasteiger partial charge in [-0.3, -0.25) is 19.8 Å². The summed E-state index contributed by atoms with van der Waals surface area (Å²) >= 11 is 1.18. The lowest BCUT2D eigenvalue weighted by molar-refractivity contribution is 0.0600. The largest absolute Gasteiger partial charge is 0.465 e. The maximum absolute atomic E-state index is 12.5. The number of nitrogens with one attached hydrogen (secondary N) is 2. The number of aromatic nitrogens is 1. The first kappa shape index (κ1) is 25.5. The summed E-state index contributed by atoms with van der Waals surface area (Å²) in [7, 11) is 1.30. The second-order valence-electron chi connectivity index (χ2n) is 8.15. The Labute approximate surface area is 193 Å². The summed E-state index contributed by atoms with van der Waals surface area (Å²) in [5.74, 6) is -1.11. The number of ether oxygens (including phenoxy) is 1. The maximum atomic E-state index is 12.5. The Morgan fingerprint density at radius 1 is 1.00 bits per heavy atom. The van der Waals surface area contributed by atoms with Crippen LogP contribution >= 0.6 is 11.3 Å². The van der Waals surface area contributed by atoms with E-state index in [1.54, 1.807) is 5.38 Å². The summed E-state index contributed by atoms with van der Waals surface area (Å²) in [6.45, 7) is 11.5. The Hall–Kier alpha value is -2.78. The van der Waals surface area contributed by atoms with Crippen molar-refractivity contribution in [3.05, 3.63) is 46.5 Å². The third-order valence-electron chi connectivity index (χ3n) is 5.05. The second-order valence-corrected chi connectivity index (χ2v) is 9.01. The topological polar surface area (TPSA) is 101 Å². The predicted octanol–water partition coefficient (Wildman–Crippen LogP) is 3.81. The molecule has 0 aliphatic rings. The first-order chi connectivity index (χ1) is 15.1. The minimum Gasteiger partial charge on any atom is -0.465 e. The van der Waals surface area contributed by atoms with E-state index in [-0.39, 0.29) is 23.6 Å². The van der Waals surface area contributed by atoms with Crippen LogP contribution in [-0.2, 0) is 4.74 Å². The molecule has 2 amide bonds. The summed E-state index contributed by atoms with van der Waals surface area (Å²) in [5.41, 5.74) is 0.992. The van der Waals surface area contributed by atoms with Crippen LogP contribution < -0.4 is 10.6 Å². The molecule has 8 nitrogen and oxygen atoms in total. The molecule has 0 fully saturated rings. The molecule has 2 N–H and O–H groups in total. The van der Waals surface area contributed by atoms with E-state index >= 15 is 0 Å². The molecule has 0 bridgehead atoms. The van der Waals surface area contributed by atoms with Gasteiger partial charge in [0, 0.05) is 35.6 Å². The van der Waals surface area contributed by atoms with Crippen LogP contribution in [0.2, 0.25) is 0 Å². The number of rotatable bonds is 10. The van der Waals surface area contributed by atoms with Gasteiger partial charge in [0.1, 0.15) is 5.69 Å². The van der Waals surface area contributed by atoms with E-state index in [2.05, 4.69) is 52.9 Å². The number of carbonyl (C=O) groups is 3. The highest BCUT2D eigenvalue weighted by Crippen LogP contribution is 2.17. The molecule has 174 valence electrons. The molecule has 1 aromatic heterocycles. The SMILES string of the molecule is COC(=O)c1ccc(C(=O)Nc2nc(C(=O)NC(C)CCN(C(C)C)C(C)C)cs2)cc1. The molecule has 0 saturated carbocycles. The van der Waals surface area contributed by atoms with Crippen molar-refractivity contribution in [1.82, 2.24) is 15.2 Å². The Kier molecular flexibility index (Phi) is 9.34. The first-order valence-corrected chi connectivity index (χ1v) is 11.5. The van der Waals surface area contributed by atoms with Gasteiger partial charge in [-0.15, -0.1) is 11.3 Å². The van der Waals surface area contributed by atoms with Gasteiger partial charge in [0.15, 0.2) is 5.13 Å². The van der Waals surface area contributed by atoms with E-state index < -0.39 is 5.97 Å². The summed E-state index contributed by atoms with van der Waals surface area (Å²) in [5, 5.41) is 7.60. The lowest BCUT2D eigenvalue weighted by atomic mass is 10.1. The molecule has 0 aliphatic carbocycles. The van der Waals surface area contributed by atoms with Crippen molar-refractivity contribution >= 4 is 34.3 Å². The summed E-state index contributed by atoms with van der Waals surface area (Å²) in [6, 6.07) is 6.98. The van der Waals surface area contributed by atoms with E-state index in [1.807, 2.05) is 6.92 Å². The van der Waals surface area contributed by atoms with Gasteiger partial charge in [0.25, 0.3) is 11.8 Å².